The molecule has 5 nitrogen and oxygen atoms in total. The van der Waals surface area contributed by atoms with E-state index in [1.807, 2.05) is 42.5 Å². The van der Waals surface area contributed by atoms with Crippen LogP contribution in [0.3, 0.4) is 0 Å². The maximum atomic E-state index is 13.5. The molecule has 1 unspecified atom stereocenters. The first-order valence-electron chi connectivity index (χ1n) is 8.61. The topological polar surface area (TPSA) is 74.1 Å². The molecule has 0 fully saturated rings. The van der Waals surface area contributed by atoms with Crippen molar-refractivity contribution in [2.75, 3.05) is 6.54 Å². The van der Waals surface area contributed by atoms with Gasteiger partial charge in [0.1, 0.15) is 6.07 Å². The van der Waals surface area contributed by atoms with Gasteiger partial charge in [-0.15, -0.1) is 0 Å². The first kappa shape index (κ1) is 17.4. The Morgan fingerprint density at radius 1 is 1.00 bits per heavy atom. The van der Waals surface area contributed by atoms with Gasteiger partial charge in [-0.2, -0.15) is 9.57 Å². The molecule has 0 saturated carbocycles. The number of hydrogen-bond acceptors (Lipinski definition) is 4. The van der Waals surface area contributed by atoms with Crippen LogP contribution in [0.2, 0.25) is 0 Å². The minimum atomic E-state index is -3.85. The molecule has 1 atom stereocenters. The summed E-state index contributed by atoms with van der Waals surface area (Å²) in [6.07, 6.45) is 3.97. The first-order valence-corrected chi connectivity index (χ1v) is 10.1. The Morgan fingerprint density at radius 3 is 2.48 bits per heavy atom. The Balaban J connectivity index is 1.90. The van der Waals surface area contributed by atoms with Crippen LogP contribution in [-0.4, -0.2) is 24.3 Å². The number of aromatic nitrogens is 1. The van der Waals surface area contributed by atoms with E-state index in [-0.39, 0.29) is 10.5 Å². The van der Waals surface area contributed by atoms with Crippen molar-refractivity contribution in [1.82, 2.24) is 9.29 Å². The summed E-state index contributed by atoms with van der Waals surface area (Å²) in [4.78, 5) is 4.11. The molecule has 1 aliphatic rings. The highest BCUT2D eigenvalue weighted by Crippen LogP contribution is 2.38. The molecule has 6 heteroatoms. The molecular formula is C21H17N3O2S. The third-order valence-corrected chi connectivity index (χ3v) is 6.78. The van der Waals surface area contributed by atoms with E-state index in [2.05, 4.69) is 4.98 Å². The molecule has 0 N–H and O–H groups in total. The summed E-state index contributed by atoms with van der Waals surface area (Å²) in [7, 11) is -3.85. The van der Waals surface area contributed by atoms with E-state index < -0.39 is 16.1 Å². The van der Waals surface area contributed by atoms with Crippen molar-refractivity contribution in [3.05, 3.63) is 95.3 Å². The minimum Gasteiger partial charge on any atom is -0.265 e. The van der Waals surface area contributed by atoms with Crippen LogP contribution in [0.5, 0.6) is 0 Å². The average molecular weight is 375 g/mol. The number of nitriles is 1. The third kappa shape index (κ3) is 3.01. The number of pyridine rings is 1. The molecule has 2 aromatic carbocycles. The molecule has 134 valence electrons. The van der Waals surface area contributed by atoms with E-state index in [0.717, 1.165) is 16.7 Å². The second-order valence-corrected chi connectivity index (χ2v) is 8.21. The Bertz CT molecular complexity index is 1120. The van der Waals surface area contributed by atoms with Crippen molar-refractivity contribution in [3.8, 4) is 6.07 Å². The Labute approximate surface area is 158 Å². The molecule has 0 spiro atoms. The largest absolute Gasteiger partial charge is 0.265 e. The second-order valence-electron chi connectivity index (χ2n) is 6.36. The third-order valence-electron chi connectivity index (χ3n) is 4.86. The predicted molar refractivity (Wildman–Crippen MR) is 101 cm³/mol. The van der Waals surface area contributed by atoms with Crippen LogP contribution < -0.4 is 0 Å². The zero-order valence-electron chi connectivity index (χ0n) is 14.5. The van der Waals surface area contributed by atoms with E-state index in [4.69, 9.17) is 0 Å². The zero-order chi connectivity index (χ0) is 18.9. The van der Waals surface area contributed by atoms with Crippen molar-refractivity contribution in [2.45, 2.75) is 17.4 Å². The van der Waals surface area contributed by atoms with E-state index in [0.29, 0.717) is 13.0 Å². The summed E-state index contributed by atoms with van der Waals surface area (Å²) in [6, 6.07) is 19.5. The summed E-state index contributed by atoms with van der Waals surface area (Å²) >= 11 is 0. The van der Waals surface area contributed by atoms with Gasteiger partial charge in [-0.05, 0) is 47.4 Å². The van der Waals surface area contributed by atoms with Gasteiger partial charge in [0, 0.05) is 18.9 Å². The van der Waals surface area contributed by atoms with Crippen molar-refractivity contribution >= 4 is 10.0 Å². The van der Waals surface area contributed by atoms with Gasteiger partial charge in [-0.25, -0.2) is 8.42 Å². The van der Waals surface area contributed by atoms with Crippen LogP contribution in [0.1, 0.15) is 28.3 Å². The fraction of sp³-hybridized carbons (Fsp3) is 0.143. The molecule has 4 rings (SSSR count). The number of hydrogen-bond donors (Lipinski definition) is 0. The fourth-order valence-corrected chi connectivity index (χ4v) is 5.34. The van der Waals surface area contributed by atoms with Gasteiger partial charge in [0.15, 0.2) is 0 Å². The van der Waals surface area contributed by atoms with Crippen molar-refractivity contribution in [3.63, 3.8) is 0 Å². The lowest BCUT2D eigenvalue weighted by Gasteiger charge is -2.36. The maximum absolute atomic E-state index is 13.5. The van der Waals surface area contributed by atoms with Gasteiger partial charge < -0.3 is 0 Å². The number of rotatable bonds is 3. The van der Waals surface area contributed by atoms with Gasteiger partial charge in [0.05, 0.1) is 16.5 Å². The average Bonchev–Trinajstić information content (AvgIpc) is 2.73. The van der Waals surface area contributed by atoms with Crippen LogP contribution in [-0.2, 0) is 16.4 Å². The van der Waals surface area contributed by atoms with Crippen LogP contribution in [0.15, 0.2) is 78.0 Å². The minimum absolute atomic E-state index is 0.0472. The summed E-state index contributed by atoms with van der Waals surface area (Å²) in [5, 5.41) is 9.38. The van der Waals surface area contributed by atoms with Crippen molar-refractivity contribution in [2.24, 2.45) is 0 Å². The summed E-state index contributed by atoms with van der Waals surface area (Å²) in [5.74, 6) is 0. The number of benzene rings is 2. The summed E-state index contributed by atoms with van der Waals surface area (Å²) in [5.41, 5.74) is 3.12. The fourth-order valence-electron chi connectivity index (χ4n) is 3.60. The number of sulfonamides is 1. The molecule has 0 aliphatic carbocycles. The molecular weight excluding hydrogens is 358 g/mol. The van der Waals surface area contributed by atoms with Gasteiger partial charge >= 0.3 is 0 Å². The molecule has 1 aliphatic heterocycles. The van der Waals surface area contributed by atoms with E-state index >= 15 is 0 Å². The van der Waals surface area contributed by atoms with Crippen LogP contribution in [0.25, 0.3) is 0 Å². The maximum Gasteiger partial charge on any atom is 0.245 e. The van der Waals surface area contributed by atoms with Gasteiger partial charge in [0.2, 0.25) is 10.0 Å². The lowest BCUT2D eigenvalue weighted by atomic mass is 9.90. The van der Waals surface area contributed by atoms with E-state index in [1.54, 1.807) is 24.5 Å². The molecule has 3 aromatic rings. The lowest BCUT2D eigenvalue weighted by molar-refractivity contribution is 0.344. The molecule has 0 saturated heterocycles. The van der Waals surface area contributed by atoms with Gasteiger partial charge in [-0.3, -0.25) is 4.98 Å². The SMILES string of the molecule is N#Cc1ccccc1S(=O)(=O)N1CCc2ccccc2C1c1ccncc1. The second kappa shape index (κ2) is 6.95. The normalized spacial score (nSPS) is 17.1. The molecule has 0 radical (unpaired) electrons. The smallest absolute Gasteiger partial charge is 0.245 e. The van der Waals surface area contributed by atoms with Crippen molar-refractivity contribution < 1.29 is 8.42 Å². The number of fused-ring (bicyclic) bond motifs is 1. The van der Waals surface area contributed by atoms with Crippen LogP contribution in [0, 0.1) is 11.3 Å². The highest BCUT2D eigenvalue weighted by Gasteiger charge is 2.38. The Morgan fingerprint density at radius 2 is 1.70 bits per heavy atom. The lowest BCUT2D eigenvalue weighted by Crippen LogP contribution is -2.40. The molecule has 0 amide bonds. The molecule has 1 aromatic heterocycles. The zero-order valence-corrected chi connectivity index (χ0v) is 15.3. The van der Waals surface area contributed by atoms with Crippen LogP contribution in [0.4, 0.5) is 0 Å². The highest BCUT2D eigenvalue weighted by atomic mass is 32.2. The van der Waals surface area contributed by atoms with Gasteiger partial charge in [0.25, 0.3) is 0 Å². The molecule has 0 bridgehead atoms. The molecule has 2 heterocycles. The highest BCUT2D eigenvalue weighted by molar-refractivity contribution is 7.89. The molecule has 27 heavy (non-hydrogen) atoms. The van der Waals surface area contributed by atoms with E-state index in [9.17, 15) is 13.7 Å². The standard InChI is InChI=1S/C21H17N3O2S/c22-15-18-6-2-4-8-20(18)27(25,26)24-14-11-16-5-1-3-7-19(16)21(24)17-9-12-23-13-10-17/h1-10,12-13,21H,11,14H2. The monoisotopic (exact) mass is 375 g/mol. The quantitative estimate of drug-likeness (QED) is 0.704. The Hall–Kier alpha value is -3.01. The summed E-state index contributed by atoms with van der Waals surface area (Å²) < 4.78 is 28.5. The first-order chi connectivity index (χ1) is 13.1. The Kier molecular flexibility index (Phi) is 4.48. The summed E-state index contributed by atoms with van der Waals surface area (Å²) in [6.45, 7) is 0.353. The van der Waals surface area contributed by atoms with Crippen molar-refractivity contribution in [1.29, 1.82) is 5.26 Å². The van der Waals surface area contributed by atoms with Gasteiger partial charge in [-0.1, -0.05) is 36.4 Å². The number of nitrogens with zero attached hydrogens (tertiary/aromatic N) is 3. The van der Waals surface area contributed by atoms with E-state index in [1.165, 1.54) is 16.4 Å². The predicted octanol–water partition coefficient (Wildman–Crippen LogP) is 3.29. The van der Waals surface area contributed by atoms with Crippen LogP contribution >= 0.6 is 0 Å².